The lowest BCUT2D eigenvalue weighted by Crippen LogP contribution is -2.25. The summed E-state index contributed by atoms with van der Waals surface area (Å²) in [6, 6.07) is 1.83. The summed E-state index contributed by atoms with van der Waals surface area (Å²) in [4.78, 5) is 11.9. The van der Waals surface area contributed by atoms with Crippen LogP contribution in [0.25, 0.3) is 0 Å². The summed E-state index contributed by atoms with van der Waals surface area (Å²) in [5.41, 5.74) is 0. The van der Waals surface area contributed by atoms with Crippen molar-refractivity contribution < 1.29 is 9.53 Å². The maximum atomic E-state index is 11.9. The topological polar surface area (TPSA) is 56.2 Å². The van der Waals surface area contributed by atoms with Gasteiger partial charge in [-0.25, -0.2) is 4.68 Å². The zero-order valence-electron chi connectivity index (χ0n) is 12.3. The first-order chi connectivity index (χ1) is 9.79. The molecule has 0 atom stereocenters. The SMILES string of the molecule is CCCCn1nccc1NC(=O)COC1CCCCC1. The average molecular weight is 279 g/mol. The maximum absolute atomic E-state index is 11.9. The summed E-state index contributed by atoms with van der Waals surface area (Å²) in [5, 5.41) is 7.09. The normalized spacial score (nSPS) is 16.2. The fourth-order valence-electron chi connectivity index (χ4n) is 2.53. The summed E-state index contributed by atoms with van der Waals surface area (Å²) >= 11 is 0. The fourth-order valence-corrected chi connectivity index (χ4v) is 2.53. The third-order valence-electron chi connectivity index (χ3n) is 3.71. The molecule has 0 unspecified atom stereocenters. The summed E-state index contributed by atoms with van der Waals surface area (Å²) in [5.74, 6) is 0.671. The van der Waals surface area contributed by atoms with E-state index in [1.165, 1.54) is 19.3 Å². The zero-order chi connectivity index (χ0) is 14.2. The van der Waals surface area contributed by atoms with Crippen LogP contribution in [0.2, 0.25) is 0 Å². The van der Waals surface area contributed by atoms with Crippen LogP contribution in [0.15, 0.2) is 12.3 Å². The van der Waals surface area contributed by atoms with Gasteiger partial charge in [0.05, 0.1) is 12.3 Å². The molecular formula is C15H25N3O2. The van der Waals surface area contributed by atoms with Crippen molar-refractivity contribution in [2.75, 3.05) is 11.9 Å². The Hall–Kier alpha value is -1.36. The molecule has 1 aromatic rings. The van der Waals surface area contributed by atoms with Gasteiger partial charge in [-0.05, 0) is 19.3 Å². The molecule has 1 N–H and O–H groups in total. The smallest absolute Gasteiger partial charge is 0.251 e. The van der Waals surface area contributed by atoms with Crippen molar-refractivity contribution in [1.82, 2.24) is 9.78 Å². The van der Waals surface area contributed by atoms with E-state index in [1.807, 2.05) is 10.7 Å². The Balaban J connectivity index is 1.74. The highest BCUT2D eigenvalue weighted by Crippen LogP contribution is 2.20. The van der Waals surface area contributed by atoms with Gasteiger partial charge in [-0.15, -0.1) is 0 Å². The van der Waals surface area contributed by atoms with Crippen LogP contribution in [0.1, 0.15) is 51.9 Å². The number of carbonyl (C=O) groups excluding carboxylic acids is 1. The molecule has 1 heterocycles. The van der Waals surface area contributed by atoms with Gasteiger partial charge in [0.15, 0.2) is 0 Å². The molecule has 1 fully saturated rings. The van der Waals surface area contributed by atoms with Crippen LogP contribution in [0.4, 0.5) is 5.82 Å². The quantitative estimate of drug-likeness (QED) is 0.834. The highest BCUT2D eigenvalue weighted by Gasteiger charge is 2.15. The number of nitrogens with zero attached hydrogens (tertiary/aromatic N) is 2. The lowest BCUT2D eigenvalue weighted by Gasteiger charge is -2.21. The van der Waals surface area contributed by atoms with E-state index in [2.05, 4.69) is 17.3 Å². The number of ether oxygens (including phenoxy) is 1. The van der Waals surface area contributed by atoms with Crippen LogP contribution in [0.5, 0.6) is 0 Å². The fraction of sp³-hybridized carbons (Fsp3) is 0.733. The first-order valence-electron chi connectivity index (χ1n) is 7.73. The molecule has 0 aromatic carbocycles. The molecule has 1 aliphatic rings. The lowest BCUT2D eigenvalue weighted by atomic mass is 9.98. The van der Waals surface area contributed by atoms with Crippen LogP contribution >= 0.6 is 0 Å². The number of hydrogen-bond donors (Lipinski definition) is 1. The predicted octanol–water partition coefficient (Wildman–Crippen LogP) is 2.97. The van der Waals surface area contributed by atoms with E-state index in [0.29, 0.717) is 0 Å². The van der Waals surface area contributed by atoms with Crippen LogP contribution < -0.4 is 5.32 Å². The number of amides is 1. The monoisotopic (exact) mass is 279 g/mol. The second-order valence-electron chi connectivity index (χ2n) is 5.41. The molecule has 0 spiro atoms. The minimum atomic E-state index is -0.0891. The molecule has 0 bridgehead atoms. The highest BCUT2D eigenvalue weighted by molar-refractivity contribution is 5.90. The van der Waals surface area contributed by atoms with Crippen LogP contribution in [0, 0.1) is 0 Å². The largest absolute Gasteiger partial charge is 0.368 e. The predicted molar refractivity (Wildman–Crippen MR) is 78.6 cm³/mol. The number of aryl methyl sites for hydroxylation is 1. The number of rotatable bonds is 7. The molecule has 0 aliphatic heterocycles. The van der Waals surface area contributed by atoms with Crippen molar-refractivity contribution in [3.8, 4) is 0 Å². The van der Waals surface area contributed by atoms with Gasteiger partial charge in [0.1, 0.15) is 12.4 Å². The number of carbonyl (C=O) groups is 1. The second kappa shape index (κ2) is 8.04. The number of hydrogen-bond acceptors (Lipinski definition) is 3. The van der Waals surface area contributed by atoms with Crippen LogP contribution in [-0.2, 0) is 16.1 Å². The average Bonchev–Trinajstić information content (AvgIpc) is 2.91. The molecule has 0 saturated heterocycles. The van der Waals surface area contributed by atoms with E-state index < -0.39 is 0 Å². The first-order valence-corrected chi connectivity index (χ1v) is 7.73. The minimum absolute atomic E-state index is 0.0891. The van der Waals surface area contributed by atoms with Gasteiger partial charge < -0.3 is 10.1 Å². The van der Waals surface area contributed by atoms with Crippen molar-refractivity contribution >= 4 is 11.7 Å². The summed E-state index contributed by atoms with van der Waals surface area (Å²) in [6.07, 6.45) is 10.0. The van der Waals surface area contributed by atoms with Crippen molar-refractivity contribution in [3.05, 3.63) is 12.3 Å². The number of nitrogens with one attached hydrogen (secondary N) is 1. The van der Waals surface area contributed by atoms with Gasteiger partial charge in [0.2, 0.25) is 0 Å². The van der Waals surface area contributed by atoms with Crippen molar-refractivity contribution in [2.45, 2.75) is 64.5 Å². The molecular weight excluding hydrogens is 254 g/mol. The molecule has 1 saturated carbocycles. The van der Waals surface area contributed by atoms with Crippen molar-refractivity contribution in [2.24, 2.45) is 0 Å². The Kier molecular flexibility index (Phi) is 6.05. The molecule has 20 heavy (non-hydrogen) atoms. The molecule has 1 aliphatic carbocycles. The zero-order valence-corrected chi connectivity index (χ0v) is 12.3. The second-order valence-corrected chi connectivity index (χ2v) is 5.41. The molecule has 5 heteroatoms. The Labute approximate surface area is 120 Å². The van der Waals surface area contributed by atoms with E-state index in [4.69, 9.17) is 4.74 Å². The standard InChI is InChI=1S/C15H25N3O2/c1-2-3-11-18-14(9-10-16-18)17-15(19)12-20-13-7-5-4-6-8-13/h9-10,13H,2-8,11-12H2,1H3,(H,17,19). The van der Waals surface area contributed by atoms with Gasteiger partial charge in [-0.2, -0.15) is 5.10 Å². The van der Waals surface area contributed by atoms with E-state index in [0.717, 1.165) is 38.0 Å². The van der Waals surface area contributed by atoms with Crippen LogP contribution in [-0.4, -0.2) is 28.4 Å². The third-order valence-corrected chi connectivity index (χ3v) is 3.71. The van der Waals surface area contributed by atoms with E-state index >= 15 is 0 Å². The van der Waals surface area contributed by atoms with Crippen molar-refractivity contribution in [1.29, 1.82) is 0 Å². The summed E-state index contributed by atoms with van der Waals surface area (Å²) < 4.78 is 7.51. The van der Waals surface area contributed by atoms with Gasteiger partial charge in [0, 0.05) is 12.6 Å². The molecule has 0 radical (unpaired) electrons. The van der Waals surface area contributed by atoms with E-state index in [1.54, 1.807) is 6.20 Å². The third kappa shape index (κ3) is 4.63. The molecule has 1 aromatic heterocycles. The van der Waals surface area contributed by atoms with E-state index in [9.17, 15) is 4.79 Å². The highest BCUT2D eigenvalue weighted by atomic mass is 16.5. The Bertz CT molecular complexity index is 411. The Morgan fingerprint density at radius 3 is 3.00 bits per heavy atom. The molecule has 1 amide bonds. The van der Waals surface area contributed by atoms with Gasteiger partial charge in [0.25, 0.3) is 5.91 Å². The minimum Gasteiger partial charge on any atom is -0.368 e. The number of anilines is 1. The Morgan fingerprint density at radius 2 is 2.25 bits per heavy atom. The van der Waals surface area contributed by atoms with Gasteiger partial charge in [-0.3, -0.25) is 4.79 Å². The van der Waals surface area contributed by atoms with Gasteiger partial charge in [-0.1, -0.05) is 32.6 Å². The molecule has 5 nitrogen and oxygen atoms in total. The number of unbranched alkanes of at least 4 members (excludes halogenated alkanes) is 1. The van der Waals surface area contributed by atoms with E-state index in [-0.39, 0.29) is 18.6 Å². The summed E-state index contributed by atoms with van der Waals surface area (Å²) in [6.45, 7) is 3.12. The lowest BCUT2D eigenvalue weighted by molar-refractivity contribution is -0.123. The number of aromatic nitrogens is 2. The summed E-state index contributed by atoms with van der Waals surface area (Å²) in [7, 11) is 0. The Morgan fingerprint density at radius 1 is 1.45 bits per heavy atom. The maximum Gasteiger partial charge on any atom is 0.251 e. The van der Waals surface area contributed by atoms with Crippen LogP contribution in [0.3, 0.4) is 0 Å². The molecule has 112 valence electrons. The first kappa shape index (κ1) is 15.0. The molecule has 2 rings (SSSR count). The van der Waals surface area contributed by atoms with Crippen molar-refractivity contribution in [3.63, 3.8) is 0 Å². The van der Waals surface area contributed by atoms with Gasteiger partial charge >= 0.3 is 0 Å².